The van der Waals surface area contributed by atoms with Crippen molar-refractivity contribution in [1.82, 2.24) is 0 Å². The van der Waals surface area contributed by atoms with E-state index in [0.717, 1.165) is 11.1 Å². The third-order valence-electron chi connectivity index (χ3n) is 5.15. The lowest BCUT2D eigenvalue weighted by atomic mass is 10.1. The van der Waals surface area contributed by atoms with Crippen LogP contribution in [-0.4, -0.2) is 10.8 Å². The maximum atomic E-state index is 12.7. The SMILES string of the molecule is Cc1ccc(OCc2ccc(C(=O)Nc3cc(Oc4ccc(Cl)cc4)cc([N+](=O)[O-])c3)o2)cc1C. The molecule has 0 aliphatic carbocycles. The van der Waals surface area contributed by atoms with Crippen LogP contribution >= 0.6 is 11.6 Å². The molecule has 4 aromatic rings. The maximum absolute atomic E-state index is 12.7. The first-order valence-corrected chi connectivity index (χ1v) is 11.0. The lowest BCUT2D eigenvalue weighted by Crippen LogP contribution is -2.11. The van der Waals surface area contributed by atoms with E-state index in [0.29, 0.717) is 22.3 Å². The molecule has 0 aliphatic heterocycles. The highest BCUT2D eigenvalue weighted by Crippen LogP contribution is 2.30. The molecule has 0 fully saturated rings. The first-order chi connectivity index (χ1) is 16.8. The molecule has 3 aromatic carbocycles. The van der Waals surface area contributed by atoms with Crippen molar-refractivity contribution in [3.8, 4) is 17.2 Å². The molecule has 1 aromatic heterocycles. The van der Waals surface area contributed by atoms with Gasteiger partial charge >= 0.3 is 0 Å². The predicted octanol–water partition coefficient (Wildman–Crippen LogP) is 7.08. The first kappa shape index (κ1) is 23.8. The number of ether oxygens (including phenoxy) is 2. The lowest BCUT2D eigenvalue weighted by Gasteiger charge is -2.09. The normalized spacial score (nSPS) is 10.6. The van der Waals surface area contributed by atoms with Crippen LogP contribution in [0.4, 0.5) is 11.4 Å². The average molecular weight is 493 g/mol. The third kappa shape index (κ3) is 6.18. The van der Waals surface area contributed by atoms with Crippen LogP contribution in [0.3, 0.4) is 0 Å². The Balaban J connectivity index is 1.45. The number of non-ortho nitro benzene ring substituents is 1. The predicted molar refractivity (Wildman–Crippen MR) is 132 cm³/mol. The van der Waals surface area contributed by atoms with Crippen molar-refractivity contribution in [3.63, 3.8) is 0 Å². The van der Waals surface area contributed by atoms with E-state index in [4.69, 9.17) is 25.5 Å². The standard InChI is InChI=1S/C26H21ClN2O6/c1-16-3-6-22(11-17(16)2)33-15-23-9-10-25(35-23)26(30)28-19-12-20(29(31)32)14-24(13-19)34-21-7-4-18(27)5-8-21/h3-14H,15H2,1-2H3,(H,28,30). The molecule has 178 valence electrons. The lowest BCUT2D eigenvalue weighted by molar-refractivity contribution is -0.384. The summed E-state index contributed by atoms with van der Waals surface area (Å²) < 4.78 is 17.0. The smallest absolute Gasteiger partial charge is 0.291 e. The topological polar surface area (TPSA) is 104 Å². The number of furan rings is 1. The number of nitrogens with one attached hydrogen (secondary N) is 1. The van der Waals surface area contributed by atoms with Crippen molar-refractivity contribution in [1.29, 1.82) is 0 Å². The van der Waals surface area contributed by atoms with Crippen LogP contribution in [0.5, 0.6) is 17.2 Å². The van der Waals surface area contributed by atoms with E-state index in [1.807, 2.05) is 32.0 Å². The van der Waals surface area contributed by atoms with E-state index in [9.17, 15) is 14.9 Å². The summed E-state index contributed by atoms with van der Waals surface area (Å²) in [7, 11) is 0. The summed E-state index contributed by atoms with van der Waals surface area (Å²) in [5, 5.41) is 14.5. The largest absolute Gasteiger partial charge is 0.486 e. The molecule has 1 N–H and O–H groups in total. The van der Waals surface area contributed by atoms with Crippen LogP contribution in [0, 0.1) is 24.0 Å². The summed E-state index contributed by atoms with van der Waals surface area (Å²) in [5.41, 5.74) is 2.21. The van der Waals surface area contributed by atoms with E-state index in [1.165, 1.54) is 24.3 Å². The van der Waals surface area contributed by atoms with Gasteiger partial charge in [0.1, 0.15) is 29.6 Å². The van der Waals surface area contributed by atoms with Gasteiger partial charge in [-0.05, 0) is 73.5 Å². The van der Waals surface area contributed by atoms with Crippen molar-refractivity contribution < 1.29 is 23.6 Å². The molecule has 4 rings (SSSR count). The van der Waals surface area contributed by atoms with Crippen molar-refractivity contribution >= 4 is 28.9 Å². The Morgan fingerprint density at radius 2 is 1.69 bits per heavy atom. The number of nitro benzene ring substituents is 1. The van der Waals surface area contributed by atoms with Crippen LogP contribution in [0.2, 0.25) is 5.02 Å². The van der Waals surface area contributed by atoms with Gasteiger partial charge in [0.2, 0.25) is 0 Å². The molecule has 0 saturated carbocycles. The maximum Gasteiger partial charge on any atom is 0.291 e. The number of benzene rings is 3. The van der Waals surface area contributed by atoms with Crippen molar-refractivity contribution in [3.05, 3.63) is 111 Å². The van der Waals surface area contributed by atoms with Crippen LogP contribution in [0.15, 0.2) is 77.2 Å². The molecule has 0 bridgehead atoms. The zero-order valence-corrected chi connectivity index (χ0v) is 19.7. The second kappa shape index (κ2) is 10.3. The number of rotatable bonds is 8. The Bertz CT molecular complexity index is 1380. The minimum absolute atomic E-state index is 0.0374. The Morgan fingerprint density at radius 3 is 2.40 bits per heavy atom. The summed E-state index contributed by atoms with van der Waals surface area (Å²) in [6.07, 6.45) is 0. The molecule has 9 heteroatoms. The average Bonchev–Trinajstić information content (AvgIpc) is 3.30. The molecule has 0 saturated heterocycles. The molecule has 1 heterocycles. The fraction of sp³-hybridized carbons (Fsp3) is 0.115. The minimum Gasteiger partial charge on any atom is -0.486 e. The Kier molecular flexibility index (Phi) is 7.03. The summed E-state index contributed by atoms with van der Waals surface area (Å²) >= 11 is 5.88. The zero-order valence-electron chi connectivity index (χ0n) is 18.9. The zero-order chi connectivity index (χ0) is 24.9. The number of halogens is 1. The highest BCUT2D eigenvalue weighted by atomic mass is 35.5. The van der Waals surface area contributed by atoms with Gasteiger partial charge in [0, 0.05) is 17.2 Å². The van der Waals surface area contributed by atoms with Crippen molar-refractivity contribution in [2.24, 2.45) is 0 Å². The van der Waals surface area contributed by atoms with Crippen LogP contribution in [0.25, 0.3) is 0 Å². The van der Waals surface area contributed by atoms with E-state index in [-0.39, 0.29) is 29.5 Å². The Hall–Kier alpha value is -4.30. The number of aryl methyl sites for hydroxylation is 2. The summed E-state index contributed by atoms with van der Waals surface area (Å²) in [4.78, 5) is 23.5. The fourth-order valence-corrected chi connectivity index (χ4v) is 3.31. The molecular weight excluding hydrogens is 472 g/mol. The monoisotopic (exact) mass is 492 g/mol. The van der Waals surface area contributed by atoms with Crippen LogP contribution in [-0.2, 0) is 6.61 Å². The molecular formula is C26H21ClN2O6. The number of carbonyl (C=O) groups is 1. The highest BCUT2D eigenvalue weighted by molar-refractivity contribution is 6.30. The highest BCUT2D eigenvalue weighted by Gasteiger charge is 2.16. The van der Waals surface area contributed by atoms with Gasteiger partial charge in [0.15, 0.2) is 5.76 Å². The number of hydrogen-bond acceptors (Lipinski definition) is 6. The van der Waals surface area contributed by atoms with Gasteiger partial charge in [-0.1, -0.05) is 17.7 Å². The summed E-state index contributed by atoms with van der Waals surface area (Å²) in [6, 6.07) is 19.4. The third-order valence-corrected chi connectivity index (χ3v) is 5.41. The number of nitro groups is 1. The molecule has 0 atom stereocenters. The van der Waals surface area contributed by atoms with E-state index in [2.05, 4.69) is 5.32 Å². The van der Waals surface area contributed by atoms with Gasteiger partial charge in [0.05, 0.1) is 16.7 Å². The number of nitrogens with zero attached hydrogens (tertiary/aromatic N) is 1. The van der Waals surface area contributed by atoms with Gasteiger partial charge in [-0.15, -0.1) is 0 Å². The molecule has 0 spiro atoms. The number of hydrogen-bond donors (Lipinski definition) is 1. The van der Waals surface area contributed by atoms with Crippen LogP contribution in [0.1, 0.15) is 27.4 Å². The minimum atomic E-state index is -0.570. The fourth-order valence-electron chi connectivity index (χ4n) is 3.19. The molecule has 0 radical (unpaired) electrons. The van der Waals surface area contributed by atoms with Gasteiger partial charge in [-0.25, -0.2) is 0 Å². The number of amides is 1. The van der Waals surface area contributed by atoms with Gasteiger partial charge in [0.25, 0.3) is 11.6 Å². The molecule has 0 unspecified atom stereocenters. The Labute approximate surface area is 206 Å². The second-order valence-electron chi connectivity index (χ2n) is 7.78. The number of anilines is 1. The first-order valence-electron chi connectivity index (χ1n) is 10.6. The Morgan fingerprint density at radius 1 is 0.943 bits per heavy atom. The van der Waals surface area contributed by atoms with Gasteiger partial charge in [-0.2, -0.15) is 0 Å². The molecule has 8 nitrogen and oxygen atoms in total. The van der Waals surface area contributed by atoms with E-state index >= 15 is 0 Å². The molecule has 1 amide bonds. The van der Waals surface area contributed by atoms with Crippen molar-refractivity contribution in [2.45, 2.75) is 20.5 Å². The molecule has 35 heavy (non-hydrogen) atoms. The van der Waals surface area contributed by atoms with Crippen molar-refractivity contribution in [2.75, 3.05) is 5.32 Å². The molecule has 0 aliphatic rings. The second-order valence-corrected chi connectivity index (χ2v) is 8.22. The number of carbonyl (C=O) groups excluding carboxylic acids is 1. The van der Waals surface area contributed by atoms with E-state index in [1.54, 1.807) is 30.3 Å². The van der Waals surface area contributed by atoms with E-state index < -0.39 is 10.8 Å². The van der Waals surface area contributed by atoms with Gasteiger partial charge in [-0.3, -0.25) is 14.9 Å². The summed E-state index contributed by atoms with van der Waals surface area (Å²) in [5.74, 6) is 1.24. The van der Waals surface area contributed by atoms with Gasteiger partial charge < -0.3 is 19.2 Å². The quantitative estimate of drug-likeness (QED) is 0.208. The van der Waals surface area contributed by atoms with Crippen LogP contribution < -0.4 is 14.8 Å². The summed E-state index contributed by atoms with van der Waals surface area (Å²) in [6.45, 7) is 4.16.